The van der Waals surface area contributed by atoms with Crippen LogP contribution >= 0.6 is 27.3 Å². The second kappa shape index (κ2) is 6.26. The van der Waals surface area contributed by atoms with Gasteiger partial charge in [0.05, 0.1) is 8.66 Å². The smallest absolute Gasteiger partial charge is 0.148 e. The summed E-state index contributed by atoms with van der Waals surface area (Å²) < 4.78 is 1.10. The molecule has 6 heteroatoms. The van der Waals surface area contributed by atoms with Crippen LogP contribution in [-0.2, 0) is 0 Å². The average molecular weight is 327 g/mol. The van der Waals surface area contributed by atoms with Gasteiger partial charge < -0.3 is 11.1 Å². The normalized spacial score (nSPS) is 12.4. The molecule has 1 unspecified atom stereocenters. The van der Waals surface area contributed by atoms with E-state index in [2.05, 4.69) is 31.4 Å². The molecule has 4 nitrogen and oxygen atoms in total. The monoisotopic (exact) mass is 326 g/mol. The molecule has 0 aliphatic heterocycles. The van der Waals surface area contributed by atoms with Gasteiger partial charge in [0, 0.05) is 12.6 Å². The fraction of sp³-hybridized carbons (Fsp3) is 0.333. The molecule has 18 heavy (non-hydrogen) atoms. The van der Waals surface area contributed by atoms with E-state index in [0.29, 0.717) is 0 Å². The summed E-state index contributed by atoms with van der Waals surface area (Å²) in [6.07, 6.45) is 0.918. The van der Waals surface area contributed by atoms with E-state index < -0.39 is 0 Å². The van der Waals surface area contributed by atoms with E-state index in [4.69, 9.17) is 5.73 Å². The van der Waals surface area contributed by atoms with Gasteiger partial charge in [-0.2, -0.15) is 0 Å². The molecule has 0 aromatic carbocycles. The van der Waals surface area contributed by atoms with Crippen LogP contribution in [0.15, 0.2) is 28.1 Å². The Kier molecular flexibility index (Phi) is 4.68. The van der Waals surface area contributed by atoms with Crippen LogP contribution in [-0.4, -0.2) is 22.8 Å². The van der Waals surface area contributed by atoms with Gasteiger partial charge in [-0.05, 0) is 53.5 Å². The fourth-order valence-corrected chi connectivity index (χ4v) is 2.79. The first-order valence-electron chi connectivity index (χ1n) is 5.74. The highest BCUT2D eigenvalue weighted by atomic mass is 79.9. The van der Waals surface area contributed by atoms with Crippen molar-refractivity contribution in [2.75, 3.05) is 11.9 Å². The second-order valence-electron chi connectivity index (χ2n) is 4.10. The van der Waals surface area contributed by atoms with Crippen LogP contribution in [0.3, 0.4) is 0 Å². The van der Waals surface area contributed by atoms with Gasteiger partial charge in [0.2, 0.25) is 0 Å². The quantitative estimate of drug-likeness (QED) is 0.886. The number of hydrogen-bond donors (Lipinski definition) is 2. The number of halogens is 1. The van der Waals surface area contributed by atoms with Crippen LogP contribution in [0.4, 0.5) is 5.82 Å². The van der Waals surface area contributed by atoms with E-state index in [-0.39, 0.29) is 6.04 Å². The first kappa shape index (κ1) is 13.5. The van der Waals surface area contributed by atoms with Crippen molar-refractivity contribution in [3.8, 4) is 10.6 Å². The molecule has 0 fully saturated rings. The second-order valence-corrected chi connectivity index (χ2v) is 6.56. The Bertz CT molecular complexity index is 495. The fourth-order valence-electron chi connectivity index (χ4n) is 1.44. The molecule has 0 aliphatic rings. The molecule has 0 bridgehead atoms. The van der Waals surface area contributed by atoms with E-state index in [0.717, 1.165) is 33.1 Å². The third kappa shape index (κ3) is 3.76. The van der Waals surface area contributed by atoms with Gasteiger partial charge in [0.1, 0.15) is 11.5 Å². The zero-order chi connectivity index (χ0) is 13.0. The molecule has 0 saturated carbocycles. The summed E-state index contributed by atoms with van der Waals surface area (Å²) >= 11 is 5.08. The lowest BCUT2D eigenvalue weighted by Crippen LogP contribution is -2.19. The van der Waals surface area contributed by atoms with Gasteiger partial charge in [0.15, 0.2) is 0 Å². The van der Waals surface area contributed by atoms with Gasteiger partial charge in [-0.25, -0.2) is 0 Å². The van der Waals surface area contributed by atoms with Crippen molar-refractivity contribution in [3.05, 3.63) is 28.1 Å². The van der Waals surface area contributed by atoms with Crippen molar-refractivity contribution in [2.24, 2.45) is 5.73 Å². The molecular formula is C12H15BrN4S. The largest absolute Gasteiger partial charge is 0.369 e. The summed E-state index contributed by atoms with van der Waals surface area (Å²) in [7, 11) is 0. The van der Waals surface area contributed by atoms with Gasteiger partial charge in [-0.1, -0.05) is 0 Å². The average Bonchev–Trinajstić information content (AvgIpc) is 2.76. The minimum Gasteiger partial charge on any atom is -0.369 e. The van der Waals surface area contributed by atoms with Crippen molar-refractivity contribution < 1.29 is 0 Å². The Morgan fingerprint density at radius 3 is 2.72 bits per heavy atom. The lowest BCUT2D eigenvalue weighted by molar-refractivity contribution is 0.688. The zero-order valence-electron chi connectivity index (χ0n) is 10.1. The number of thiophene rings is 1. The molecule has 3 N–H and O–H groups in total. The zero-order valence-corrected chi connectivity index (χ0v) is 12.5. The highest BCUT2D eigenvalue weighted by Crippen LogP contribution is 2.29. The summed E-state index contributed by atoms with van der Waals surface area (Å²) in [5, 5.41) is 11.6. The predicted octanol–water partition coefficient (Wildman–Crippen LogP) is 3.12. The Morgan fingerprint density at radius 2 is 2.17 bits per heavy atom. The Balaban J connectivity index is 1.97. The third-order valence-electron chi connectivity index (χ3n) is 2.40. The number of nitrogens with zero attached hydrogens (tertiary/aromatic N) is 2. The van der Waals surface area contributed by atoms with E-state index >= 15 is 0 Å². The van der Waals surface area contributed by atoms with Crippen LogP contribution in [0, 0.1) is 0 Å². The maximum atomic E-state index is 5.68. The van der Waals surface area contributed by atoms with Crippen LogP contribution in [0.25, 0.3) is 10.6 Å². The molecule has 2 aromatic rings. The van der Waals surface area contributed by atoms with Crippen LogP contribution < -0.4 is 11.1 Å². The number of rotatable bonds is 5. The van der Waals surface area contributed by atoms with E-state index in [1.165, 1.54) is 0 Å². The highest BCUT2D eigenvalue weighted by Gasteiger charge is 2.04. The van der Waals surface area contributed by atoms with Crippen molar-refractivity contribution in [1.29, 1.82) is 0 Å². The first-order valence-corrected chi connectivity index (χ1v) is 7.35. The van der Waals surface area contributed by atoms with E-state index in [1.807, 2.05) is 31.2 Å². The lowest BCUT2D eigenvalue weighted by atomic mass is 10.2. The molecule has 1 atom stereocenters. The maximum Gasteiger partial charge on any atom is 0.148 e. The molecule has 2 heterocycles. The molecule has 0 spiro atoms. The van der Waals surface area contributed by atoms with Gasteiger partial charge in [-0.15, -0.1) is 21.5 Å². The summed E-state index contributed by atoms with van der Waals surface area (Å²) in [6, 6.07) is 8.16. The SMILES string of the molecule is CC(N)CCNc1ccc(-c2ccc(Br)s2)nn1. The van der Waals surface area contributed by atoms with Gasteiger partial charge >= 0.3 is 0 Å². The number of nitrogens with two attached hydrogens (primary N) is 1. The molecule has 0 amide bonds. The van der Waals surface area contributed by atoms with Crippen molar-refractivity contribution in [3.63, 3.8) is 0 Å². The first-order chi connectivity index (χ1) is 8.65. The molecule has 0 saturated heterocycles. The highest BCUT2D eigenvalue weighted by molar-refractivity contribution is 9.11. The standard InChI is InChI=1S/C12H15BrN4S/c1-8(14)6-7-15-12-5-2-9(16-17-12)10-3-4-11(13)18-10/h2-5,8H,6-7,14H2,1H3,(H,15,17). The molecule has 0 radical (unpaired) electrons. The molecule has 0 aliphatic carbocycles. The minimum atomic E-state index is 0.202. The van der Waals surface area contributed by atoms with Crippen LogP contribution in [0.2, 0.25) is 0 Å². The summed E-state index contributed by atoms with van der Waals surface area (Å²) in [5.41, 5.74) is 6.57. The van der Waals surface area contributed by atoms with Crippen LogP contribution in [0.5, 0.6) is 0 Å². The van der Waals surface area contributed by atoms with Crippen LogP contribution in [0.1, 0.15) is 13.3 Å². The number of hydrogen-bond acceptors (Lipinski definition) is 5. The maximum absolute atomic E-state index is 5.68. The van der Waals surface area contributed by atoms with Crippen molar-refractivity contribution in [1.82, 2.24) is 10.2 Å². The minimum absolute atomic E-state index is 0.202. The predicted molar refractivity (Wildman–Crippen MR) is 79.8 cm³/mol. The Hall–Kier alpha value is -0.980. The molecule has 2 aromatic heterocycles. The number of nitrogens with one attached hydrogen (secondary N) is 1. The third-order valence-corrected chi connectivity index (χ3v) is 4.04. The van der Waals surface area contributed by atoms with Gasteiger partial charge in [-0.3, -0.25) is 0 Å². The van der Waals surface area contributed by atoms with Gasteiger partial charge in [0.25, 0.3) is 0 Å². The van der Waals surface area contributed by atoms with Crippen molar-refractivity contribution >= 4 is 33.1 Å². The van der Waals surface area contributed by atoms with Crippen molar-refractivity contribution in [2.45, 2.75) is 19.4 Å². The summed E-state index contributed by atoms with van der Waals surface area (Å²) in [4.78, 5) is 1.11. The lowest BCUT2D eigenvalue weighted by Gasteiger charge is -2.07. The Labute approximate surface area is 119 Å². The topological polar surface area (TPSA) is 63.8 Å². The Morgan fingerprint density at radius 1 is 1.33 bits per heavy atom. The molecule has 96 valence electrons. The molecule has 2 rings (SSSR count). The summed E-state index contributed by atoms with van der Waals surface area (Å²) in [5.74, 6) is 0.787. The molecular weight excluding hydrogens is 312 g/mol. The number of aromatic nitrogens is 2. The summed E-state index contributed by atoms with van der Waals surface area (Å²) in [6.45, 7) is 2.81. The van der Waals surface area contributed by atoms with E-state index in [9.17, 15) is 0 Å². The number of anilines is 1. The van der Waals surface area contributed by atoms with E-state index in [1.54, 1.807) is 11.3 Å².